The van der Waals surface area contributed by atoms with Crippen molar-refractivity contribution in [3.63, 3.8) is 0 Å². The first kappa shape index (κ1) is 20.3. The number of nitrogens with one attached hydrogen (secondary N) is 1. The molecule has 2 amide bonds. The zero-order valence-corrected chi connectivity index (χ0v) is 16.9. The molecule has 0 radical (unpaired) electrons. The van der Waals surface area contributed by atoms with Crippen LogP contribution in [0, 0.1) is 0 Å². The number of piperazine rings is 1. The van der Waals surface area contributed by atoms with Crippen LogP contribution < -0.4 is 15.0 Å². The maximum Gasteiger partial charge on any atom is 0.416 e. The maximum atomic E-state index is 12.8. The van der Waals surface area contributed by atoms with Gasteiger partial charge in [-0.2, -0.15) is 13.2 Å². The molecular formula is C20H19F3N4O2S. The van der Waals surface area contributed by atoms with E-state index in [1.165, 1.54) is 12.1 Å². The van der Waals surface area contributed by atoms with E-state index in [-0.39, 0.29) is 5.69 Å². The number of halogens is 3. The summed E-state index contributed by atoms with van der Waals surface area (Å²) >= 11 is 1.56. The van der Waals surface area contributed by atoms with E-state index in [1.807, 2.05) is 18.2 Å². The van der Waals surface area contributed by atoms with E-state index in [2.05, 4.69) is 15.2 Å². The molecule has 1 aliphatic rings. The molecule has 0 bridgehead atoms. The van der Waals surface area contributed by atoms with Gasteiger partial charge in [0.15, 0.2) is 5.13 Å². The summed E-state index contributed by atoms with van der Waals surface area (Å²) < 4.78 is 44.9. The number of alkyl halides is 3. The highest BCUT2D eigenvalue weighted by molar-refractivity contribution is 7.22. The highest BCUT2D eigenvalue weighted by Crippen LogP contribution is 2.34. The summed E-state index contributed by atoms with van der Waals surface area (Å²) in [7, 11) is 1.61. The molecule has 1 aromatic heterocycles. The number of benzene rings is 2. The molecule has 158 valence electrons. The number of methoxy groups -OCH3 is 1. The van der Waals surface area contributed by atoms with Gasteiger partial charge in [0, 0.05) is 31.9 Å². The molecular weight excluding hydrogens is 417 g/mol. The summed E-state index contributed by atoms with van der Waals surface area (Å²) in [6.07, 6.45) is -4.45. The minimum Gasteiger partial charge on any atom is -0.494 e. The van der Waals surface area contributed by atoms with E-state index in [0.717, 1.165) is 27.5 Å². The lowest BCUT2D eigenvalue weighted by molar-refractivity contribution is -0.137. The second kappa shape index (κ2) is 8.02. The standard InChI is InChI=1S/C20H19F3N4O2S/c1-29-15-6-3-7-16-17(15)25-19(30-16)27-10-8-26(9-11-27)18(28)24-14-5-2-4-13(12-14)20(21,22)23/h2-7,12H,8-11H2,1H3,(H,24,28). The Morgan fingerprint density at radius 3 is 2.57 bits per heavy atom. The molecule has 0 aliphatic carbocycles. The highest BCUT2D eigenvalue weighted by Gasteiger charge is 2.31. The van der Waals surface area contributed by atoms with Gasteiger partial charge in [-0.3, -0.25) is 0 Å². The number of urea groups is 1. The number of fused-ring (bicyclic) bond motifs is 1. The van der Waals surface area contributed by atoms with E-state index in [1.54, 1.807) is 23.3 Å². The zero-order chi connectivity index (χ0) is 21.3. The van der Waals surface area contributed by atoms with E-state index in [9.17, 15) is 18.0 Å². The first-order chi connectivity index (χ1) is 14.3. The molecule has 2 heterocycles. The Kier molecular flexibility index (Phi) is 5.42. The van der Waals surface area contributed by atoms with Gasteiger partial charge < -0.3 is 19.9 Å². The Balaban J connectivity index is 1.39. The lowest BCUT2D eigenvalue weighted by atomic mass is 10.2. The average molecular weight is 436 g/mol. The summed E-state index contributed by atoms with van der Waals surface area (Å²) in [6.45, 7) is 2.05. The average Bonchev–Trinajstić information content (AvgIpc) is 3.18. The summed E-state index contributed by atoms with van der Waals surface area (Å²) in [5.74, 6) is 0.717. The number of para-hydroxylation sites is 1. The molecule has 2 aromatic carbocycles. The molecule has 4 rings (SSSR count). The number of carbonyl (C=O) groups is 1. The lowest BCUT2D eigenvalue weighted by Crippen LogP contribution is -2.50. The highest BCUT2D eigenvalue weighted by atomic mass is 32.1. The summed E-state index contributed by atoms with van der Waals surface area (Å²) in [5.41, 5.74) is 0.136. The van der Waals surface area contributed by atoms with Crippen LogP contribution in [0.2, 0.25) is 0 Å². The molecule has 6 nitrogen and oxygen atoms in total. The Bertz CT molecular complexity index is 1060. The first-order valence-corrected chi connectivity index (χ1v) is 10.1. The maximum absolute atomic E-state index is 12.8. The molecule has 1 aliphatic heterocycles. The second-order valence-electron chi connectivity index (χ2n) is 6.79. The van der Waals surface area contributed by atoms with Crippen LogP contribution in [0.1, 0.15) is 5.56 Å². The van der Waals surface area contributed by atoms with Gasteiger partial charge in [-0.25, -0.2) is 9.78 Å². The van der Waals surface area contributed by atoms with Gasteiger partial charge in [0.05, 0.1) is 17.4 Å². The van der Waals surface area contributed by atoms with E-state index in [4.69, 9.17) is 4.74 Å². The molecule has 0 atom stereocenters. The van der Waals surface area contributed by atoms with Crippen LogP contribution in [-0.4, -0.2) is 49.2 Å². The molecule has 1 N–H and O–H groups in total. The Morgan fingerprint density at radius 1 is 1.13 bits per heavy atom. The minimum absolute atomic E-state index is 0.121. The van der Waals surface area contributed by atoms with Gasteiger partial charge in [0.2, 0.25) is 0 Å². The molecule has 3 aromatic rings. The van der Waals surface area contributed by atoms with Crippen molar-refractivity contribution in [1.29, 1.82) is 0 Å². The fourth-order valence-electron chi connectivity index (χ4n) is 3.29. The van der Waals surface area contributed by atoms with Crippen LogP contribution in [0.15, 0.2) is 42.5 Å². The predicted octanol–water partition coefficient (Wildman–Crippen LogP) is 4.68. The smallest absolute Gasteiger partial charge is 0.416 e. The molecule has 10 heteroatoms. The third-order valence-electron chi connectivity index (χ3n) is 4.87. The van der Waals surface area contributed by atoms with Crippen LogP contribution in [0.25, 0.3) is 10.2 Å². The van der Waals surface area contributed by atoms with Crippen LogP contribution in [0.4, 0.5) is 28.8 Å². The van der Waals surface area contributed by atoms with Crippen LogP contribution in [0.3, 0.4) is 0 Å². The Labute approximate surface area is 174 Å². The van der Waals surface area contributed by atoms with Crippen molar-refractivity contribution in [3.05, 3.63) is 48.0 Å². The number of rotatable bonds is 3. The topological polar surface area (TPSA) is 57.7 Å². The van der Waals surface area contributed by atoms with Gasteiger partial charge in [0.25, 0.3) is 0 Å². The Hall–Kier alpha value is -3.01. The number of hydrogen-bond acceptors (Lipinski definition) is 5. The molecule has 1 fully saturated rings. The van der Waals surface area contributed by atoms with E-state index < -0.39 is 17.8 Å². The van der Waals surface area contributed by atoms with Crippen molar-refractivity contribution in [1.82, 2.24) is 9.88 Å². The number of carbonyl (C=O) groups excluding carboxylic acids is 1. The minimum atomic E-state index is -4.45. The third-order valence-corrected chi connectivity index (χ3v) is 5.95. The molecule has 0 saturated carbocycles. The summed E-state index contributed by atoms with van der Waals surface area (Å²) in [6, 6.07) is 9.97. The van der Waals surface area contributed by atoms with E-state index in [0.29, 0.717) is 31.9 Å². The molecule has 0 unspecified atom stereocenters. The normalized spacial score (nSPS) is 14.8. The van der Waals surface area contributed by atoms with Gasteiger partial charge in [-0.05, 0) is 30.3 Å². The number of thiazole rings is 1. The third kappa shape index (κ3) is 4.13. The van der Waals surface area contributed by atoms with Gasteiger partial charge in [-0.15, -0.1) is 0 Å². The first-order valence-electron chi connectivity index (χ1n) is 9.27. The van der Waals surface area contributed by atoms with E-state index >= 15 is 0 Å². The molecule has 30 heavy (non-hydrogen) atoms. The van der Waals surface area contributed by atoms with Crippen molar-refractivity contribution in [2.75, 3.05) is 43.5 Å². The predicted molar refractivity (Wildman–Crippen MR) is 110 cm³/mol. The number of hydrogen-bond donors (Lipinski definition) is 1. The van der Waals surface area contributed by atoms with Crippen LogP contribution in [-0.2, 0) is 6.18 Å². The quantitative estimate of drug-likeness (QED) is 0.648. The second-order valence-corrected chi connectivity index (χ2v) is 7.80. The van der Waals surface area contributed by atoms with Crippen molar-refractivity contribution in [2.24, 2.45) is 0 Å². The van der Waals surface area contributed by atoms with Crippen molar-refractivity contribution in [2.45, 2.75) is 6.18 Å². The zero-order valence-electron chi connectivity index (χ0n) is 16.1. The van der Waals surface area contributed by atoms with Gasteiger partial charge in [-0.1, -0.05) is 23.5 Å². The van der Waals surface area contributed by atoms with Crippen molar-refractivity contribution >= 4 is 38.4 Å². The lowest BCUT2D eigenvalue weighted by Gasteiger charge is -2.34. The van der Waals surface area contributed by atoms with Gasteiger partial charge in [0.1, 0.15) is 11.3 Å². The fourth-order valence-corrected chi connectivity index (χ4v) is 4.32. The molecule has 0 spiro atoms. The largest absolute Gasteiger partial charge is 0.494 e. The van der Waals surface area contributed by atoms with Gasteiger partial charge >= 0.3 is 12.2 Å². The number of ether oxygens (including phenoxy) is 1. The number of nitrogens with zero attached hydrogens (tertiary/aromatic N) is 3. The SMILES string of the molecule is COc1cccc2sc(N3CCN(C(=O)Nc4cccc(C(F)(F)F)c4)CC3)nc12. The number of anilines is 2. The van der Waals surface area contributed by atoms with Crippen LogP contribution >= 0.6 is 11.3 Å². The monoisotopic (exact) mass is 436 g/mol. The number of amides is 2. The van der Waals surface area contributed by atoms with Crippen molar-refractivity contribution in [3.8, 4) is 5.75 Å². The Morgan fingerprint density at radius 2 is 1.87 bits per heavy atom. The number of aromatic nitrogens is 1. The summed E-state index contributed by atoms with van der Waals surface area (Å²) in [5, 5.41) is 3.41. The molecule has 1 saturated heterocycles. The fraction of sp³-hybridized carbons (Fsp3) is 0.300. The van der Waals surface area contributed by atoms with Crippen molar-refractivity contribution < 1.29 is 22.7 Å². The van der Waals surface area contributed by atoms with Crippen LogP contribution in [0.5, 0.6) is 5.75 Å². The summed E-state index contributed by atoms with van der Waals surface area (Å²) in [4.78, 5) is 20.8.